The monoisotopic (exact) mass is 378 g/mol. The molecule has 1 fully saturated rings. The molecule has 0 aliphatic carbocycles. The minimum Gasteiger partial charge on any atom is -0.341 e. The van der Waals surface area contributed by atoms with Crippen LogP contribution in [0, 0.1) is 11.7 Å². The van der Waals surface area contributed by atoms with Gasteiger partial charge in [0.05, 0.1) is 4.90 Å². The summed E-state index contributed by atoms with van der Waals surface area (Å²) in [5, 5.41) is -1.19. The van der Waals surface area contributed by atoms with Crippen LogP contribution in [0.25, 0.3) is 0 Å². The smallest absolute Gasteiger partial charge is 0.241 e. The molecule has 1 aromatic carbocycles. The molecule has 24 heavy (non-hydrogen) atoms. The summed E-state index contributed by atoms with van der Waals surface area (Å²) in [6.07, 6.45) is 1.77. The second-order valence-electron chi connectivity index (χ2n) is 6.19. The number of hydrogen-bond acceptors (Lipinski definition) is 4. The van der Waals surface area contributed by atoms with Gasteiger partial charge < -0.3 is 10.6 Å². The molecule has 1 heterocycles. The van der Waals surface area contributed by atoms with E-state index in [0.717, 1.165) is 25.0 Å². The van der Waals surface area contributed by atoms with Gasteiger partial charge in [-0.05, 0) is 56.9 Å². The molecule has 0 spiro atoms. The van der Waals surface area contributed by atoms with Crippen molar-refractivity contribution >= 4 is 28.2 Å². The standard InChI is InChI=1S/C16H23FN2O3S.ClH/c1-11(18)13-4-3-9-19(10-13)16(20)12(2)23(21,22)15-7-5-14(17)6-8-15;/h5-8,11-13H,3-4,9-10,18H2,1-2H3;1H. The summed E-state index contributed by atoms with van der Waals surface area (Å²) in [5.41, 5.74) is 5.90. The van der Waals surface area contributed by atoms with Crippen molar-refractivity contribution in [2.24, 2.45) is 11.7 Å². The van der Waals surface area contributed by atoms with E-state index in [-0.39, 0.29) is 29.3 Å². The average molecular weight is 379 g/mol. The number of benzene rings is 1. The summed E-state index contributed by atoms with van der Waals surface area (Å²) < 4.78 is 38.1. The molecule has 1 aromatic rings. The highest BCUT2D eigenvalue weighted by Gasteiger charge is 2.35. The van der Waals surface area contributed by atoms with Crippen LogP contribution in [0.2, 0.25) is 0 Å². The van der Waals surface area contributed by atoms with Gasteiger partial charge in [-0.25, -0.2) is 12.8 Å². The molecule has 0 aromatic heterocycles. The highest BCUT2D eigenvalue weighted by atomic mass is 35.5. The largest absolute Gasteiger partial charge is 0.341 e. The number of piperidine rings is 1. The van der Waals surface area contributed by atoms with E-state index in [1.807, 2.05) is 6.92 Å². The minimum absolute atomic E-state index is 0. The lowest BCUT2D eigenvalue weighted by atomic mass is 9.92. The molecule has 1 amide bonds. The van der Waals surface area contributed by atoms with Crippen LogP contribution in [0.4, 0.5) is 4.39 Å². The van der Waals surface area contributed by atoms with Crippen molar-refractivity contribution in [3.05, 3.63) is 30.1 Å². The maximum absolute atomic E-state index is 13.0. The summed E-state index contributed by atoms with van der Waals surface area (Å²) in [7, 11) is -3.83. The molecule has 3 unspecified atom stereocenters. The first-order chi connectivity index (χ1) is 10.7. The Bertz CT molecular complexity index is 664. The highest BCUT2D eigenvalue weighted by molar-refractivity contribution is 7.92. The third kappa shape index (κ3) is 4.46. The van der Waals surface area contributed by atoms with Gasteiger partial charge in [-0.1, -0.05) is 0 Å². The van der Waals surface area contributed by atoms with Crippen molar-refractivity contribution in [2.45, 2.75) is 42.9 Å². The topological polar surface area (TPSA) is 80.5 Å². The van der Waals surface area contributed by atoms with Crippen LogP contribution >= 0.6 is 12.4 Å². The van der Waals surface area contributed by atoms with Crippen molar-refractivity contribution in [3.8, 4) is 0 Å². The summed E-state index contributed by atoms with van der Waals surface area (Å²) in [6.45, 7) is 4.32. The molecule has 8 heteroatoms. The van der Waals surface area contributed by atoms with E-state index < -0.39 is 26.8 Å². The van der Waals surface area contributed by atoms with Gasteiger partial charge in [-0.15, -0.1) is 12.4 Å². The number of nitrogens with two attached hydrogens (primary N) is 1. The summed E-state index contributed by atoms with van der Waals surface area (Å²) in [6, 6.07) is 4.51. The van der Waals surface area contributed by atoms with Gasteiger partial charge in [0.25, 0.3) is 0 Å². The molecule has 1 aliphatic rings. The first-order valence-electron chi connectivity index (χ1n) is 7.77. The Hall–Kier alpha value is -1.18. The highest BCUT2D eigenvalue weighted by Crippen LogP contribution is 2.23. The number of hydrogen-bond donors (Lipinski definition) is 1. The fraction of sp³-hybridized carbons (Fsp3) is 0.562. The molecule has 1 aliphatic heterocycles. The Kier molecular flexibility index (Phi) is 7.19. The first kappa shape index (κ1) is 20.9. The van der Waals surface area contributed by atoms with Gasteiger partial charge in [0, 0.05) is 19.1 Å². The zero-order valence-electron chi connectivity index (χ0n) is 13.8. The van der Waals surface area contributed by atoms with Gasteiger partial charge in [0.1, 0.15) is 11.1 Å². The third-order valence-electron chi connectivity index (χ3n) is 4.47. The Morgan fingerprint density at radius 3 is 2.42 bits per heavy atom. The molecule has 0 saturated carbocycles. The predicted molar refractivity (Wildman–Crippen MR) is 93.2 cm³/mol. The van der Waals surface area contributed by atoms with Crippen molar-refractivity contribution < 1.29 is 17.6 Å². The van der Waals surface area contributed by atoms with Crippen molar-refractivity contribution in [1.82, 2.24) is 4.90 Å². The lowest BCUT2D eigenvalue weighted by molar-refractivity contribution is -0.132. The molecular weight excluding hydrogens is 355 g/mol. The summed E-state index contributed by atoms with van der Waals surface area (Å²) in [4.78, 5) is 14.1. The zero-order chi connectivity index (χ0) is 17.2. The maximum atomic E-state index is 13.0. The van der Waals surface area contributed by atoms with Gasteiger partial charge in [-0.3, -0.25) is 4.79 Å². The first-order valence-corrected chi connectivity index (χ1v) is 9.32. The molecule has 1 saturated heterocycles. The van der Waals surface area contributed by atoms with Crippen LogP contribution in [0.5, 0.6) is 0 Å². The molecular formula is C16H24ClFN2O3S. The van der Waals surface area contributed by atoms with Gasteiger partial charge in [0.15, 0.2) is 9.84 Å². The number of nitrogens with zero attached hydrogens (tertiary/aromatic N) is 1. The second kappa shape index (κ2) is 8.27. The SMILES string of the molecule is CC(N)C1CCCN(C(=O)C(C)S(=O)(=O)c2ccc(F)cc2)C1.Cl. The van der Waals surface area contributed by atoms with Crippen molar-refractivity contribution in [3.63, 3.8) is 0 Å². The Labute approximate surface area is 148 Å². The lowest BCUT2D eigenvalue weighted by Crippen LogP contribution is -2.49. The second-order valence-corrected chi connectivity index (χ2v) is 8.46. The van der Waals surface area contributed by atoms with Crippen LogP contribution in [0.15, 0.2) is 29.2 Å². The van der Waals surface area contributed by atoms with Crippen LogP contribution in [0.3, 0.4) is 0 Å². The van der Waals surface area contributed by atoms with Gasteiger partial charge >= 0.3 is 0 Å². The normalized spacial score (nSPS) is 20.8. The fourth-order valence-electron chi connectivity index (χ4n) is 2.86. The number of likely N-dealkylation sites (tertiary alicyclic amines) is 1. The third-order valence-corrected chi connectivity index (χ3v) is 6.53. The van der Waals surface area contributed by atoms with Gasteiger partial charge in [-0.2, -0.15) is 0 Å². The quantitative estimate of drug-likeness (QED) is 0.812. The van der Waals surface area contributed by atoms with Crippen LogP contribution < -0.4 is 5.73 Å². The Morgan fingerprint density at radius 2 is 1.88 bits per heavy atom. The van der Waals surface area contributed by atoms with E-state index in [2.05, 4.69) is 0 Å². The lowest BCUT2D eigenvalue weighted by Gasteiger charge is -2.35. The minimum atomic E-state index is -3.83. The predicted octanol–water partition coefficient (Wildman–Crippen LogP) is 2.00. The van der Waals surface area contributed by atoms with Crippen LogP contribution in [-0.4, -0.2) is 43.6 Å². The van der Waals surface area contributed by atoms with E-state index in [4.69, 9.17) is 5.73 Å². The van der Waals surface area contributed by atoms with Crippen molar-refractivity contribution in [2.75, 3.05) is 13.1 Å². The molecule has 2 N–H and O–H groups in total. The molecule has 3 atom stereocenters. The number of halogens is 2. The number of amides is 1. The molecule has 136 valence electrons. The van der Waals surface area contributed by atoms with Crippen LogP contribution in [-0.2, 0) is 14.6 Å². The number of carbonyl (C=O) groups is 1. The number of rotatable bonds is 4. The van der Waals surface area contributed by atoms with Crippen LogP contribution in [0.1, 0.15) is 26.7 Å². The van der Waals surface area contributed by atoms with Gasteiger partial charge in [0.2, 0.25) is 5.91 Å². The van der Waals surface area contributed by atoms with E-state index in [1.165, 1.54) is 19.1 Å². The Balaban J connectivity index is 0.00000288. The van der Waals surface area contributed by atoms with E-state index in [1.54, 1.807) is 4.90 Å². The maximum Gasteiger partial charge on any atom is 0.241 e. The van der Waals surface area contributed by atoms with E-state index in [9.17, 15) is 17.6 Å². The number of carbonyl (C=O) groups excluding carboxylic acids is 1. The molecule has 5 nitrogen and oxygen atoms in total. The molecule has 2 rings (SSSR count). The number of sulfone groups is 1. The fourth-order valence-corrected chi connectivity index (χ4v) is 4.20. The molecule has 0 radical (unpaired) electrons. The zero-order valence-corrected chi connectivity index (χ0v) is 15.4. The average Bonchev–Trinajstić information content (AvgIpc) is 2.54. The summed E-state index contributed by atoms with van der Waals surface area (Å²) >= 11 is 0. The van der Waals surface area contributed by atoms with E-state index in [0.29, 0.717) is 13.1 Å². The Morgan fingerprint density at radius 1 is 1.29 bits per heavy atom. The molecule has 0 bridgehead atoms. The van der Waals surface area contributed by atoms with E-state index >= 15 is 0 Å². The van der Waals surface area contributed by atoms with Crippen molar-refractivity contribution in [1.29, 1.82) is 0 Å². The summed E-state index contributed by atoms with van der Waals surface area (Å²) in [5.74, 6) is -0.744.